The third-order valence-corrected chi connectivity index (χ3v) is 14.9. The van der Waals surface area contributed by atoms with Gasteiger partial charge in [0.1, 0.15) is 84.2 Å². The van der Waals surface area contributed by atoms with E-state index in [4.69, 9.17) is 53.1 Å². The van der Waals surface area contributed by atoms with E-state index in [1.54, 1.807) is 72.8 Å². The molecule has 0 saturated carbocycles. The number of ether oxygens (including phenoxy) is 10. The predicted molar refractivity (Wildman–Crippen MR) is 318 cm³/mol. The summed E-state index contributed by atoms with van der Waals surface area (Å²) in [5, 5.41) is 11.1. The molecular weight excluding hydrogens is 1100 g/mol. The first-order valence-corrected chi connectivity index (χ1v) is 28.8. The Balaban J connectivity index is 1.09. The summed E-state index contributed by atoms with van der Waals surface area (Å²) < 4.78 is 66.6. The predicted octanol–water partition coefficient (Wildman–Crippen LogP) is 7.78. The van der Waals surface area contributed by atoms with Crippen molar-refractivity contribution < 1.29 is 71.3 Å². The van der Waals surface area contributed by atoms with Crippen LogP contribution in [0.4, 0.5) is 9.59 Å². The lowest BCUT2D eigenvalue weighted by atomic mass is 9.93. The summed E-state index contributed by atoms with van der Waals surface area (Å²) in [6.07, 6.45) is -13.3. The van der Waals surface area contributed by atoms with Gasteiger partial charge in [0.25, 0.3) is 0 Å². The van der Waals surface area contributed by atoms with Crippen molar-refractivity contribution in [3.8, 4) is 34.5 Å². The number of carbonyl (C=O) groups is 5. The van der Waals surface area contributed by atoms with Crippen molar-refractivity contribution in [3.63, 3.8) is 0 Å². The highest BCUT2D eigenvalue weighted by Crippen LogP contribution is 2.35. The summed E-state index contributed by atoms with van der Waals surface area (Å²) in [6, 6.07) is 41.6. The smallest absolute Gasteiger partial charge is 0.407 e. The van der Waals surface area contributed by atoms with Gasteiger partial charge in [-0.25, -0.2) is 9.59 Å². The SMILES string of the molecule is Cc1ccc(O[C@@H]2[C@@H](Oc3ccc(C)cc3)[C@@H]3CNC(=O)[C@H](CCC(N)=O)NC(=O)OC[C@H]4O[C@@H](CNC(=O)[C@H](C)NC(=O)OC[C@@H](O3)[C@@H]2Oc2ccc(C)cc2)[C@H](Oc2ccc(C)cc2)[C@@H](Oc2ccc(C)cc2)[C@@H]4Oc2ccc(C)cc2)cc1. The van der Waals surface area contributed by atoms with Crippen molar-refractivity contribution >= 4 is 29.9 Å². The zero-order chi connectivity index (χ0) is 60.9. The molecule has 0 radical (unpaired) electrons. The number of benzene rings is 6. The van der Waals surface area contributed by atoms with Crippen molar-refractivity contribution in [2.45, 2.75) is 134 Å². The summed E-state index contributed by atoms with van der Waals surface area (Å²) in [7, 11) is 0. The number of rotatable bonds is 15. The van der Waals surface area contributed by atoms with E-state index in [1.165, 1.54) is 6.92 Å². The first-order chi connectivity index (χ1) is 41.4. The molecule has 12 atom stereocenters. The fourth-order valence-corrected chi connectivity index (χ4v) is 10.1. The molecule has 3 aliphatic heterocycles. The molecule has 454 valence electrons. The molecule has 3 fully saturated rings. The molecule has 0 aromatic heterocycles. The molecule has 6 aromatic rings. The van der Waals surface area contributed by atoms with Crippen LogP contribution in [0.3, 0.4) is 0 Å². The Morgan fingerprint density at radius 3 is 1.01 bits per heavy atom. The molecule has 0 unspecified atom stereocenters. The number of cyclic esters (lactones) is 2. The molecule has 4 bridgehead atoms. The normalized spacial score (nSPS) is 25.7. The number of nitrogens with two attached hydrogens (primary N) is 1. The van der Waals surface area contributed by atoms with Crippen LogP contribution in [0.5, 0.6) is 34.5 Å². The maximum Gasteiger partial charge on any atom is 0.407 e. The topological polar surface area (TPSA) is 252 Å². The number of nitrogens with one attached hydrogen (secondary N) is 4. The maximum absolute atomic E-state index is 14.6. The van der Waals surface area contributed by atoms with Gasteiger partial charge in [-0.05, 0) is 128 Å². The average Bonchev–Trinajstić information content (AvgIpc) is 1.40. The molecule has 5 amide bonds. The van der Waals surface area contributed by atoms with Crippen molar-refractivity contribution in [1.82, 2.24) is 21.3 Å². The lowest BCUT2D eigenvalue weighted by molar-refractivity contribution is -0.208. The Morgan fingerprint density at radius 2 is 0.698 bits per heavy atom. The number of amides is 5. The van der Waals surface area contributed by atoms with Crippen LogP contribution in [0.1, 0.15) is 53.1 Å². The van der Waals surface area contributed by atoms with Crippen LogP contribution < -0.4 is 55.4 Å². The van der Waals surface area contributed by atoms with Gasteiger partial charge in [0.15, 0.2) is 36.6 Å². The third-order valence-electron chi connectivity index (χ3n) is 14.9. The van der Waals surface area contributed by atoms with Crippen LogP contribution >= 0.6 is 0 Å². The molecule has 3 aliphatic rings. The molecular formula is C66H75N5O15. The van der Waals surface area contributed by atoms with Crippen LogP contribution in [0.15, 0.2) is 146 Å². The summed E-state index contributed by atoms with van der Waals surface area (Å²) in [5.41, 5.74) is 11.5. The number of fused-ring (bicyclic) bond motifs is 4. The molecule has 3 heterocycles. The average molecular weight is 1180 g/mol. The molecule has 0 aliphatic carbocycles. The van der Waals surface area contributed by atoms with E-state index in [1.807, 2.05) is 114 Å². The Morgan fingerprint density at radius 1 is 0.419 bits per heavy atom. The highest BCUT2D eigenvalue weighted by atomic mass is 16.6. The van der Waals surface area contributed by atoms with Gasteiger partial charge in [0, 0.05) is 19.5 Å². The minimum absolute atomic E-state index is 0.219. The van der Waals surface area contributed by atoms with Crippen molar-refractivity contribution in [2.75, 3.05) is 26.3 Å². The number of aryl methyl sites for hydroxylation is 6. The Hall–Kier alpha value is -9.01. The van der Waals surface area contributed by atoms with Gasteiger partial charge < -0.3 is 74.4 Å². The van der Waals surface area contributed by atoms with Crippen molar-refractivity contribution in [2.24, 2.45) is 5.73 Å². The second-order valence-corrected chi connectivity index (χ2v) is 22.1. The lowest BCUT2D eigenvalue weighted by Crippen LogP contribution is -2.67. The number of primary amides is 1. The molecule has 86 heavy (non-hydrogen) atoms. The number of hydrogen-bond acceptors (Lipinski definition) is 15. The number of alkyl carbamates (subject to hydrolysis) is 2. The van der Waals surface area contributed by atoms with Gasteiger partial charge in [-0.1, -0.05) is 106 Å². The van der Waals surface area contributed by atoms with Gasteiger partial charge >= 0.3 is 12.2 Å². The molecule has 3 saturated heterocycles. The van der Waals surface area contributed by atoms with Gasteiger partial charge in [-0.3, -0.25) is 14.4 Å². The second-order valence-electron chi connectivity index (χ2n) is 22.1. The zero-order valence-electron chi connectivity index (χ0n) is 49.2. The molecule has 6 N–H and O–H groups in total. The highest BCUT2D eigenvalue weighted by Gasteiger charge is 2.53. The van der Waals surface area contributed by atoms with Gasteiger partial charge in [-0.2, -0.15) is 0 Å². The van der Waals surface area contributed by atoms with Crippen molar-refractivity contribution in [1.29, 1.82) is 0 Å². The van der Waals surface area contributed by atoms with Crippen LogP contribution in [-0.4, -0.2) is 129 Å². The van der Waals surface area contributed by atoms with Crippen LogP contribution in [0.25, 0.3) is 0 Å². The summed E-state index contributed by atoms with van der Waals surface area (Å²) in [6.45, 7) is 11.7. The van der Waals surface area contributed by atoms with Crippen LogP contribution in [0, 0.1) is 41.5 Å². The van der Waals surface area contributed by atoms with E-state index in [-0.39, 0.29) is 25.9 Å². The summed E-state index contributed by atoms with van der Waals surface area (Å²) in [5.74, 6) is 0.596. The van der Waals surface area contributed by atoms with E-state index >= 15 is 0 Å². The summed E-state index contributed by atoms with van der Waals surface area (Å²) >= 11 is 0. The fourth-order valence-electron chi connectivity index (χ4n) is 10.1. The van der Waals surface area contributed by atoms with Gasteiger partial charge in [-0.15, -0.1) is 0 Å². The first-order valence-electron chi connectivity index (χ1n) is 28.8. The van der Waals surface area contributed by atoms with E-state index < -0.39 is 116 Å². The van der Waals surface area contributed by atoms with Gasteiger partial charge in [0.05, 0.1) is 0 Å². The van der Waals surface area contributed by atoms with Crippen LogP contribution in [-0.2, 0) is 33.3 Å². The molecule has 20 nitrogen and oxygen atoms in total. The molecule has 0 spiro atoms. The highest BCUT2D eigenvalue weighted by molar-refractivity contribution is 5.86. The van der Waals surface area contributed by atoms with E-state index in [9.17, 15) is 24.0 Å². The quantitative estimate of drug-likeness (QED) is 0.0658. The minimum atomic E-state index is -1.39. The van der Waals surface area contributed by atoms with E-state index in [0.717, 1.165) is 33.4 Å². The second kappa shape index (κ2) is 28.7. The van der Waals surface area contributed by atoms with Gasteiger partial charge in [0.2, 0.25) is 17.7 Å². The first kappa shape index (κ1) is 61.5. The minimum Gasteiger partial charge on any atom is -0.484 e. The number of hydrogen-bond donors (Lipinski definition) is 5. The fraction of sp³-hybridized carbons (Fsp3) is 0.379. The molecule has 20 heteroatoms. The largest absolute Gasteiger partial charge is 0.484 e. The Kier molecular flexibility index (Phi) is 20.6. The van der Waals surface area contributed by atoms with E-state index in [0.29, 0.717) is 34.5 Å². The van der Waals surface area contributed by atoms with Crippen molar-refractivity contribution in [3.05, 3.63) is 179 Å². The van der Waals surface area contributed by atoms with Crippen LogP contribution in [0.2, 0.25) is 0 Å². The standard InChI is InChI=1S/C66H75N5O15/c1-38-8-20-45(21-9-38)79-57-52-34-68-63(73)44(7)70-65(75)77-36-54-59(81-47-24-12-40(3)13-25-47)62(84-50-30-18-43(6)19-31-50)58(80-46-22-10-39(2)11-23-46)53(86-54)35-69-64(74)51(32-33-56(67)72)71-66(76)78-37-55(85-52)60(82-48-26-14-41(4)15-27-48)61(57)83-49-28-16-42(5)17-29-49/h8-31,44,51-55,57-62H,32-37H2,1-7H3,(H2,67,72)(H,68,73)(H,69,74)(H,70,75)(H,71,76)/t44-,51-,52-,53-,54+,55+,57-,58-,59-,60+,61+,62+/m0/s1. The van der Waals surface area contributed by atoms with E-state index in [2.05, 4.69) is 21.3 Å². The molecule has 9 rings (SSSR count). The number of carbonyl (C=O) groups excluding carboxylic acids is 5. The Bertz CT molecular complexity index is 3220. The zero-order valence-corrected chi connectivity index (χ0v) is 49.2. The Labute approximate surface area is 500 Å². The monoisotopic (exact) mass is 1180 g/mol. The lowest BCUT2D eigenvalue weighted by Gasteiger charge is -2.46. The third kappa shape index (κ3) is 16.9. The summed E-state index contributed by atoms with van der Waals surface area (Å²) in [4.78, 5) is 69.5. The maximum atomic E-state index is 14.6. The molecule has 6 aromatic carbocycles.